The van der Waals surface area contributed by atoms with Gasteiger partial charge in [-0.2, -0.15) is 0 Å². The van der Waals surface area contributed by atoms with Crippen LogP contribution in [0.5, 0.6) is 0 Å². The van der Waals surface area contributed by atoms with Crippen LogP contribution in [0.15, 0.2) is 12.1 Å². The van der Waals surface area contributed by atoms with Gasteiger partial charge in [0.25, 0.3) is 5.69 Å². The van der Waals surface area contributed by atoms with Crippen molar-refractivity contribution < 1.29 is 14.4 Å². The van der Waals surface area contributed by atoms with Gasteiger partial charge in [0.2, 0.25) is 0 Å². The van der Waals surface area contributed by atoms with Crippen LogP contribution >= 0.6 is 0 Å². The molecular formula is C12H15FN2O3. The van der Waals surface area contributed by atoms with Crippen LogP contribution in [0.3, 0.4) is 0 Å². The first-order valence-corrected chi connectivity index (χ1v) is 5.81. The summed E-state index contributed by atoms with van der Waals surface area (Å²) in [6, 6.07) is 2.34. The number of nitrogens with zero attached hydrogens (tertiary/aromatic N) is 1. The van der Waals surface area contributed by atoms with Crippen molar-refractivity contribution in [3.05, 3.63) is 33.6 Å². The molecule has 0 bridgehead atoms. The zero-order valence-corrected chi connectivity index (χ0v) is 10.1. The third-order valence-electron chi connectivity index (χ3n) is 3.49. The first-order valence-electron chi connectivity index (χ1n) is 5.81. The molecule has 1 aromatic rings. The van der Waals surface area contributed by atoms with E-state index in [2.05, 4.69) is 5.32 Å². The van der Waals surface area contributed by atoms with Gasteiger partial charge in [-0.1, -0.05) is 0 Å². The van der Waals surface area contributed by atoms with E-state index < -0.39 is 16.3 Å². The molecular weight excluding hydrogens is 239 g/mol. The van der Waals surface area contributed by atoms with Crippen molar-refractivity contribution in [2.75, 3.05) is 11.9 Å². The Morgan fingerprint density at radius 2 is 2.22 bits per heavy atom. The van der Waals surface area contributed by atoms with Gasteiger partial charge in [0, 0.05) is 0 Å². The van der Waals surface area contributed by atoms with Crippen molar-refractivity contribution >= 4 is 11.4 Å². The molecule has 2 N–H and O–H groups in total. The van der Waals surface area contributed by atoms with E-state index in [-0.39, 0.29) is 18.0 Å². The maximum absolute atomic E-state index is 13.3. The van der Waals surface area contributed by atoms with Crippen molar-refractivity contribution in [3.63, 3.8) is 0 Å². The number of hydrogen-bond donors (Lipinski definition) is 2. The number of hydrogen-bond acceptors (Lipinski definition) is 4. The Bertz CT molecular complexity index is 481. The van der Waals surface area contributed by atoms with Crippen LogP contribution in [-0.4, -0.2) is 22.2 Å². The van der Waals surface area contributed by atoms with Crippen LogP contribution in [0.1, 0.15) is 24.8 Å². The first kappa shape index (κ1) is 12.8. The molecule has 6 heteroatoms. The van der Waals surface area contributed by atoms with Gasteiger partial charge in [-0.25, -0.2) is 4.39 Å². The summed E-state index contributed by atoms with van der Waals surface area (Å²) in [4.78, 5) is 10.3. The zero-order chi connectivity index (χ0) is 13.3. The van der Waals surface area contributed by atoms with Gasteiger partial charge in [0.1, 0.15) is 11.5 Å². The predicted molar refractivity (Wildman–Crippen MR) is 65.1 cm³/mol. The Morgan fingerprint density at radius 3 is 2.67 bits per heavy atom. The van der Waals surface area contributed by atoms with Crippen molar-refractivity contribution in [3.8, 4) is 0 Å². The Hall–Kier alpha value is -1.69. The lowest BCUT2D eigenvalue weighted by Gasteiger charge is -2.41. The number of nitrogens with one attached hydrogen (secondary N) is 1. The third kappa shape index (κ3) is 2.15. The molecule has 1 aliphatic carbocycles. The normalized spacial score (nSPS) is 17.1. The minimum atomic E-state index is -0.616. The SMILES string of the molecule is Cc1cc(NC2(CO)CCC2)c([N+](=O)[O-])cc1F. The molecule has 2 rings (SSSR count). The summed E-state index contributed by atoms with van der Waals surface area (Å²) in [6.07, 6.45) is 2.50. The van der Waals surface area contributed by atoms with Crippen molar-refractivity contribution in [1.82, 2.24) is 0 Å². The number of anilines is 1. The van der Waals surface area contributed by atoms with Crippen molar-refractivity contribution in [2.24, 2.45) is 0 Å². The van der Waals surface area contributed by atoms with Crippen LogP contribution in [0.4, 0.5) is 15.8 Å². The molecule has 0 radical (unpaired) electrons. The summed E-state index contributed by atoms with van der Waals surface area (Å²) in [5.41, 5.74) is -0.171. The molecule has 0 aromatic heterocycles. The summed E-state index contributed by atoms with van der Waals surface area (Å²) in [5, 5.41) is 23.2. The highest BCUT2D eigenvalue weighted by Gasteiger charge is 2.37. The van der Waals surface area contributed by atoms with Crippen LogP contribution in [0.2, 0.25) is 0 Å². The topological polar surface area (TPSA) is 75.4 Å². The first-order chi connectivity index (χ1) is 8.47. The quantitative estimate of drug-likeness (QED) is 0.639. The summed E-state index contributed by atoms with van der Waals surface area (Å²) >= 11 is 0. The largest absolute Gasteiger partial charge is 0.394 e. The second-order valence-electron chi connectivity index (χ2n) is 4.79. The number of benzene rings is 1. The van der Waals surface area contributed by atoms with Gasteiger partial charge < -0.3 is 10.4 Å². The second-order valence-corrected chi connectivity index (χ2v) is 4.79. The van der Waals surface area contributed by atoms with Crippen molar-refractivity contribution in [1.29, 1.82) is 0 Å². The highest BCUT2D eigenvalue weighted by Crippen LogP contribution is 2.38. The highest BCUT2D eigenvalue weighted by atomic mass is 19.1. The Morgan fingerprint density at radius 1 is 1.56 bits per heavy atom. The number of rotatable bonds is 4. The zero-order valence-electron chi connectivity index (χ0n) is 10.1. The molecule has 0 heterocycles. The molecule has 1 aromatic carbocycles. The van der Waals surface area contributed by atoms with Gasteiger partial charge >= 0.3 is 0 Å². The number of halogens is 1. The van der Waals surface area contributed by atoms with E-state index >= 15 is 0 Å². The average molecular weight is 254 g/mol. The highest BCUT2D eigenvalue weighted by molar-refractivity contribution is 5.64. The monoisotopic (exact) mass is 254 g/mol. The van der Waals surface area contributed by atoms with Crippen LogP contribution in [0, 0.1) is 22.9 Å². The Balaban J connectivity index is 2.36. The fourth-order valence-corrected chi connectivity index (χ4v) is 2.13. The van der Waals surface area contributed by atoms with Gasteiger partial charge in [-0.15, -0.1) is 0 Å². The maximum Gasteiger partial charge on any atom is 0.295 e. The van der Waals surface area contributed by atoms with Gasteiger partial charge in [-0.05, 0) is 37.8 Å². The molecule has 0 unspecified atom stereocenters. The molecule has 18 heavy (non-hydrogen) atoms. The van der Waals surface area contributed by atoms with E-state index in [9.17, 15) is 19.6 Å². The van der Waals surface area contributed by atoms with E-state index in [4.69, 9.17) is 0 Å². The van der Waals surface area contributed by atoms with Gasteiger partial charge in [-0.3, -0.25) is 10.1 Å². The molecule has 98 valence electrons. The van der Waals surface area contributed by atoms with Crippen LogP contribution in [0.25, 0.3) is 0 Å². The summed E-state index contributed by atoms with van der Waals surface area (Å²) < 4.78 is 13.3. The molecule has 1 fully saturated rings. The third-order valence-corrected chi connectivity index (χ3v) is 3.49. The van der Waals surface area contributed by atoms with Gasteiger partial charge in [0.05, 0.1) is 23.1 Å². The summed E-state index contributed by atoms with van der Waals surface area (Å²) in [5.74, 6) is -0.598. The molecule has 1 aliphatic rings. The molecule has 0 spiro atoms. The molecule has 0 saturated heterocycles. The maximum atomic E-state index is 13.3. The second kappa shape index (κ2) is 4.53. The van der Waals surface area contributed by atoms with E-state index in [1.54, 1.807) is 6.92 Å². The summed E-state index contributed by atoms with van der Waals surface area (Å²) in [7, 11) is 0. The predicted octanol–water partition coefficient (Wildman–Crippen LogP) is 2.37. The molecule has 0 atom stereocenters. The van der Waals surface area contributed by atoms with E-state index in [0.29, 0.717) is 5.56 Å². The fourth-order valence-electron chi connectivity index (χ4n) is 2.13. The van der Waals surface area contributed by atoms with Crippen molar-refractivity contribution in [2.45, 2.75) is 31.7 Å². The fraction of sp³-hybridized carbons (Fsp3) is 0.500. The smallest absolute Gasteiger partial charge is 0.295 e. The van der Waals surface area contributed by atoms with Crippen LogP contribution in [-0.2, 0) is 0 Å². The number of nitro groups is 1. The lowest BCUT2D eigenvalue weighted by atomic mass is 9.77. The standard InChI is InChI=1S/C12H15FN2O3/c1-8-5-10(11(15(17)18)6-9(8)13)14-12(7-16)3-2-4-12/h5-6,14,16H,2-4,7H2,1H3. The van der Waals surface area contributed by atoms with Gasteiger partial charge in [0.15, 0.2) is 0 Å². The molecule has 5 nitrogen and oxygen atoms in total. The average Bonchev–Trinajstić information content (AvgIpc) is 2.27. The minimum absolute atomic E-state index is 0.0828. The molecule has 1 saturated carbocycles. The van der Waals surface area contributed by atoms with E-state index in [1.165, 1.54) is 6.07 Å². The lowest BCUT2D eigenvalue weighted by molar-refractivity contribution is -0.384. The summed E-state index contributed by atoms with van der Waals surface area (Å²) in [6.45, 7) is 1.47. The Labute approximate surface area is 104 Å². The number of aryl methyl sites for hydroxylation is 1. The number of nitro benzene ring substituents is 1. The van der Waals surface area contributed by atoms with Crippen LogP contribution < -0.4 is 5.32 Å². The minimum Gasteiger partial charge on any atom is -0.394 e. The number of aliphatic hydroxyl groups is 1. The molecule has 0 aliphatic heterocycles. The van der Waals surface area contributed by atoms with E-state index in [0.717, 1.165) is 25.3 Å². The Kier molecular flexibility index (Phi) is 3.21. The van der Waals surface area contributed by atoms with E-state index in [1.807, 2.05) is 0 Å². The number of aliphatic hydroxyl groups excluding tert-OH is 1. The lowest BCUT2D eigenvalue weighted by Crippen LogP contribution is -2.48. The molecule has 0 amide bonds.